The fourth-order valence-corrected chi connectivity index (χ4v) is 2.38. The van der Waals surface area contributed by atoms with Gasteiger partial charge in [-0.15, -0.1) is 0 Å². The molecule has 0 aromatic heterocycles. The maximum Gasteiger partial charge on any atom is 0.231 e. The zero-order valence-corrected chi connectivity index (χ0v) is 13.7. The Kier molecular flexibility index (Phi) is 6.18. The van der Waals surface area contributed by atoms with Gasteiger partial charge in [-0.3, -0.25) is 4.79 Å². The van der Waals surface area contributed by atoms with E-state index in [1.807, 2.05) is 61.5 Å². The number of amides is 1. The van der Waals surface area contributed by atoms with Crippen LogP contribution in [0.2, 0.25) is 0 Å². The molecule has 1 atom stereocenters. The number of rotatable bonds is 7. The van der Waals surface area contributed by atoms with Crippen LogP contribution in [0.5, 0.6) is 5.75 Å². The number of hydrogen-bond acceptors (Lipinski definition) is 3. The van der Waals surface area contributed by atoms with Gasteiger partial charge < -0.3 is 15.4 Å². The van der Waals surface area contributed by atoms with Crippen LogP contribution in [0.25, 0.3) is 0 Å². The molecule has 0 spiro atoms. The third-order valence-corrected chi connectivity index (χ3v) is 3.83. The lowest BCUT2D eigenvalue weighted by Crippen LogP contribution is -2.37. The van der Waals surface area contributed by atoms with Gasteiger partial charge in [0.2, 0.25) is 5.91 Å². The van der Waals surface area contributed by atoms with E-state index in [9.17, 15) is 4.79 Å². The molecule has 0 aliphatic rings. The molecule has 122 valence electrons. The highest BCUT2D eigenvalue weighted by Gasteiger charge is 2.22. The van der Waals surface area contributed by atoms with Crippen LogP contribution in [0, 0.1) is 6.92 Å². The summed E-state index contributed by atoms with van der Waals surface area (Å²) in [5.41, 5.74) is 7.94. The molecular weight excluding hydrogens is 288 g/mol. The summed E-state index contributed by atoms with van der Waals surface area (Å²) < 4.78 is 5.68. The maximum atomic E-state index is 12.6. The molecule has 0 saturated heterocycles. The SMILES string of the molecule is Cc1ccc(OCCN(C)C(=O)C(CN)c2ccccc2)cc1. The average molecular weight is 312 g/mol. The van der Waals surface area contributed by atoms with Crippen molar-refractivity contribution in [1.29, 1.82) is 0 Å². The summed E-state index contributed by atoms with van der Waals surface area (Å²) in [6, 6.07) is 17.5. The van der Waals surface area contributed by atoms with Gasteiger partial charge in [-0.05, 0) is 24.6 Å². The highest BCUT2D eigenvalue weighted by atomic mass is 16.5. The molecule has 0 heterocycles. The largest absolute Gasteiger partial charge is 0.492 e. The lowest BCUT2D eigenvalue weighted by Gasteiger charge is -2.23. The maximum absolute atomic E-state index is 12.6. The third kappa shape index (κ3) is 4.83. The zero-order valence-electron chi connectivity index (χ0n) is 13.7. The number of nitrogens with zero attached hydrogens (tertiary/aromatic N) is 1. The average Bonchev–Trinajstić information content (AvgIpc) is 2.58. The molecule has 0 aliphatic carbocycles. The van der Waals surface area contributed by atoms with Gasteiger partial charge in [0.15, 0.2) is 0 Å². The molecule has 0 aliphatic heterocycles. The second-order valence-corrected chi connectivity index (χ2v) is 5.62. The van der Waals surface area contributed by atoms with Gasteiger partial charge in [0, 0.05) is 13.6 Å². The molecule has 23 heavy (non-hydrogen) atoms. The summed E-state index contributed by atoms with van der Waals surface area (Å²) in [6.45, 7) is 3.31. The zero-order chi connectivity index (χ0) is 16.7. The Hall–Kier alpha value is -2.33. The summed E-state index contributed by atoms with van der Waals surface area (Å²) in [5.74, 6) is 0.529. The molecule has 0 fully saturated rings. The van der Waals surface area contributed by atoms with E-state index in [0.717, 1.165) is 11.3 Å². The number of ether oxygens (including phenoxy) is 1. The van der Waals surface area contributed by atoms with Gasteiger partial charge in [0.1, 0.15) is 12.4 Å². The topological polar surface area (TPSA) is 55.6 Å². The number of benzene rings is 2. The Morgan fingerprint density at radius 2 is 1.78 bits per heavy atom. The molecule has 2 aromatic carbocycles. The monoisotopic (exact) mass is 312 g/mol. The molecule has 4 nitrogen and oxygen atoms in total. The van der Waals surface area contributed by atoms with Crippen LogP contribution in [0.4, 0.5) is 0 Å². The molecule has 1 unspecified atom stereocenters. The summed E-state index contributed by atoms with van der Waals surface area (Å²) in [6.07, 6.45) is 0. The van der Waals surface area contributed by atoms with Gasteiger partial charge in [0.25, 0.3) is 0 Å². The second-order valence-electron chi connectivity index (χ2n) is 5.62. The Balaban J connectivity index is 1.87. The van der Waals surface area contributed by atoms with E-state index in [2.05, 4.69) is 0 Å². The van der Waals surface area contributed by atoms with Gasteiger partial charge in [-0.25, -0.2) is 0 Å². The first-order valence-electron chi connectivity index (χ1n) is 7.81. The van der Waals surface area contributed by atoms with E-state index in [4.69, 9.17) is 10.5 Å². The number of aryl methyl sites for hydroxylation is 1. The number of carbonyl (C=O) groups is 1. The minimum atomic E-state index is -0.305. The van der Waals surface area contributed by atoms with Gasteiger partial charge in [-0.1, -0.05) is 48.0 Å². The van der Waals surface area contributed by atoms with Crippen LogP contribution in [-0.2, 0) is 4.79 Å². The smallest absolute Gasteiger partial charge is 0.231 e. The predicted octanol–water partition coefficient (Wildman–Crippen LogP) is 2.57. The second kappa shape index (κ2) is 8.34. The van der Waals surface area contributed by atoms with Crippen LogP contribution < -0.4 is 10.5 Å². The number of likely N-dealkylation sites (N-methyl/N-ethyl adjacent to an activating group) is 1. The number of hydrogen-bond donors (Lipinski definition) is 1. The van der Waals surface area contributed by atoms with Crippen LogP contribution in [0.15, 0.2) is 54.6 Å². The molecule has 0 radical (unpaired) electrons. The van der Waals surface area contributed by atoms with Crippen LogP contribution >= 0.6 is 0 Å². The lowest BCUT2D eigenvalue weighted by molar-refractivity contribution is -0.131. The first-order chi connectivity index (χ1) is 11.1. The first kappa shape index (κ1) is 17.0. The van der Waals surface area contributed by atoms with Crippen molar-refractivity contribution in [3.05, 3.63) is 65.7 Å². The van der Waals surface area contributed by atoms with Crippen LogP contribution in [-0.4, -0.2) is 37.6 Å². The molecule has 1 amide bonds. The highest BCUT2D eigenvalue weighted by molar-refractivity contribution is 5.83. The van der Waals surface area contributed by atoms with Crippen molar-refractivity contribution in [2.45, 2.75) is 12.8 Å². The summed E-state index contributed by atoms with van der Waals surface area (Å²) in [7, 11) is 1.78. The third-order valence-electron chi connectivity index (χ3n) is 3.83. The van der Waals surface area contributed by atoms with Crippen LogP contribution in [0.1, 0.15) is 17.0 Å². The summed E-state index contributed by atoms with van der Waals surface area (Å²) in [5, 5.41) is 0. The molecule has 0 bridgehead atoms. The van der Waals surface area contributed by atoms with Crippen molar-refractivity contribution in [2.24, 2.45) is 5.73 Å². The summed E-state index contributed by atoms with van der Waals surface area (Å²) >= 11 is 0. The van der Waals surface area contributed by atoms with E-state index in [1.165, 1.54) is 5.56 Å². The summed E-state index contributed by atoms with van der Waals surface area (Å²) in [4.78, 5) is 14.2. The van der Waals surface area contributed by atoms with Crippen molar-refractivity contribution in [3.63, 3.8) is 0 Å². The molecule has 0 saturated carbocycles. The van der Waals surface area contributed by atoms with Crippen molar-refractivity contribution >= 4 is 5.91 Å². The Morgan fingerprint density at radius 1 is 1.13 bits per heavy atom. The van der Waals surface area contributed by atoms with Crippen molar-refractivity contribution in [1.82, 2.24) is 4.90 Å². The quantitative estimate of drug-likeness (QED) is 0.855. The highest BCUT2D eigenvalue weighted by Crippen LogP contribution is 2.17. The Labute approximate surface area is 137 Å². The Bertz CT molecular complexity index is 611. The van der Waals surface area contributed by atoms with E-state index in [1.54, 1.807) is 11.9 Å². The molecular formula is C19H24N2O2. The van der Waals surface area contributed by atoms with Gasteiger partial charge in [0.05, 0.1) is 12.5 Å². The van der Waals surface area contributed by atoms with E-state index < -0.39 is 0 Å². The molecule has 2 rings (SSSR count). The fourth-order valence-electron chi connectivity index (χ4n) is 2.38. The normalized spacial score (nSPS) is 11.8. The van der Waals surface area contributed by atoms with Crippen molar-refractivity contribution in [2.75, 3.05) is 26.7 Å². The van der Waals surface area contributed by atoms with Crippen LogP contribution in [0.3, 0.4) is 0 Å². The van der Waals surface area contributed by atoms with E-state index in [-0.39, 0.29) is 11.8 Å². The minimum absolute atomic E-state index is 0.0196. The van der Waals surface area contributed by atoms with E-state index in [0.29, 0.717) is 19.7 Å². The Morgan fingerprint density at radius 3 is 2.39 bits per heavy atom. The first-order valence-corrected chi connectivity index (χ1v) is 7.81. The standard InChI is InChI=1S/C19H24N2O2/c1-15-8-10-17(11-9-15)23-13-12-21(2)19(22)18(14-20)16-6-4-3-5-7-16/h3-11,18H,12-14,20H2,1-2H3. The van der Waals surface area contributed by atoms with Gasteiger partial charge in [-0.2, -0.15) is 0 Å². The molecule has 4 heteroatoms. The number of nitrogens with two attached hydrogens (primary N) is 1. The lowest BCUT2D eigenvalue weighted by atomic mass is 9.98. The molecule has 2 N–H and O–H groups in total. The molecule has 2 aromatic rings. The van der Waals surface area contributed by atoms with E-state index >= 15 is 0 Å². The van der Waals surface area contributed by atoms with Crippen molar-refractivity contribution < 1.29 is 9.53 Å². The minimum Gasteiger partial charge on any atom is -0.492 e. The fraction of sp³-hybridized carbons (Fsp3) is 0.316. The number of carbonyl (C=O) groups excluding carboxylic acids is 1. The van der Waals surface area contributed by atoms with Gasteiger partial charge >= 0.3 is 0 Å². The van der Waals surface area contributed by atoms with Crippen molar-refractivity contribution in [3.8, 4) is 5.75 Å². The predicted molar refractivity (Wildman–Crippen MR) is 92.5 cm³/mol.